The molecule has 0 aliphatic heterocycles. The number of carbonyl (C=O) groups is 1. The number of aliphatic hydroxyl groups is 4. The summed E-state index contributed by atoms with van der Waals surface area (Å²) in [4.78, 5) is 12.6. The zero-order valence-corrected chi connectivity index (χ0v) is 40.7. The Kier molecular flexibility index (Phi) is 48.8. The van der Waals surface area contributed by atoms with Crippen LogP contribution in [0.4, 0.5) is 0 Å². The molecule has 0 aliphatic rings. The lowest BCUT2D eigenvalue weighted by atomic mass is 9.99. The summed E-state index contributed by atoms with van der Waals surface area (Å²) in [6.45, 7) is 4.10. The van der Waals surface area contributed by atoms with Crippen molar-refractivity contribution in [2.75, 3.05) is 6.61 Å². The molecule has 0 fully saturated rings. The van der Waals surface area contributed by atoms with Gasteiger partial charge in [-0.2, -0.15) is 0 Å². The van der Waals surface area contributed by atoms with Crippen molar-refractivity contribution in [2.24, 2.45) is 0 Å². The van der Waals surface area contributed by atoms with Crippen LogP contribution in [0.1, 0.15) is 309 Å². The van der Waals surface area contributed by atoms with Crippen molar-refractivity contribution >= 4 is 5.91 Å². The summed E-state index contributed by atoms with van der Waals surface area (Å²) in [5.41, 5.74) is 0. The van der Waals surface area contributed by atoms with Crippen molar-refractivity contribution in [3.63, 3.8) is 0 Å². The monoisotopic (exact) mass is 852 g/mol. The molecule has 4 atom stereocenters. The second-order valence-corrected chi connectivity index (χ2v) is 19.3. The molecule has 0 aromatic carbocycles. The number of aliphatic hydroxyl groups excluding tert-OH is 4. The molecule has 0 aliphatic carbocycles. The molecule has 0 saturated carbocycles. The lowest BCUT2D eigenvalue weighted by molar-refractivity contribution is -0.132. The van der Waals surface area contributed by atoms with Gasteiger partial charge in [-0.25, -0.2) is 0 Å². The molecule has 4 unspecified atom stereocenters. The third kappa shape index (κ3) is 42.6. The second kappa shape index (κ2) is 49.3. The molecule has 0 bridgehead atoms. The van der Waals surface area contributed by atoms with Crippen LogP contribution in [0.15, 0.2) is 0 Å². The molecule has 360 valence electrons. The minimum absolute atomic E-state index is 0.376. The number of carbonyl (C=O) groups excluding carboxylic acids is 1. The fraction of sp³-hybridized carbons (Fsp3) is 0.981. The van der Waals surface area contributed by atoms with E-state index in [2.05, 4.69) is 19.2 Å². The number of unbranched alkanes of at least 4 members (excludes halogenated alkanes) is 42. The molecular weight excluding hydrogens is 743 g/mol. The first-order chi connectivity index (χ1) is 29.5. The van der Waals surface area contributed by atoms with Gasteiger partial charge in [-0.1, -0.05) is 296 Å². The maximum absolute atomic E-state index is 12.6. The zero-order valence-electron chi connectivity index (χ0n) is 40.7. The summed E-state index contributed by atoms with van der Waals surface area (Å²) >= 11 is 0. The van der Waals surface area contributed by atoms with Crippen LogP contribution in [-0.2, 0) is 4.79 Å². The van der Waals surface area contributed by atoms with Crippen molar-refractivity contribution in [2.45, 2.75) is 334 Å². The fourth-order valence-electron chi connectivity index (χ4n) is 9.00. The lowest BCUT2D eigenvalue weighted by Gasteiger charge is -2.27. The van der Waals surface area contributed by atoms with Crippen LogP contribution in [0, 0.1) is 0 Å². The minimum atomic E-state index is -1.25. The normalized spacial score (nSPS) is 13.8. The van der Waals surface area contributed by atoms with Gasteiger partial charge >= 0.3 is 0 Å². The molecule has 0 spiro atoms. The van der Waals surface area contributed by atoms with Crippen LogP contribution in [0.25, 0.3) is 0 Å². The molecule has 6 heteroatoms. The first-order valence-corrected chi connectivity index (χ1v) is 27.4. The Morgan fingerprint density at radius 3 is 0.800 bits per heavy atom. The van der Waals surface area contributed by atoms with Gasteiger partial charge in [0.25, 0.3) is 0 Å². The number of hydrogen-bond donors (Lipinski definition) is 5. The Morgan fingerprint density at radius 2 is 0.567 bits per heavy atom. The Hall–Kier alpha value is -0.690. The van der Waals surface area contributed by atoms with E-state index in [0.717, 1.165) is 38.5 Å². The summed E-state index contributed by atoms with van der Waals surface area (Å²) in [6.07, 6.45) is 55.9. The van der Waals surface area contributed by atoms with Gasteiger partial charge in [0.15, 0.2) is 0 Å². The first kappa shape index (κ1) is 59.3. The van der Waals surface area contributed by atoms with Crippen LogP contribution in [-0.4, -0.2) is 57.3 Å². The first-order valence-electron chi connectivity index (χ1n) is 27.4. The maximum atomic E-state index is 12.6. The van der Waals surface area contributed by atoms with Crippen LogP contribution >= 0.6 is 0 Å². The molecule has 0 rings (SSSR count). The predicted molar refractivity (Wildman–Crippen MR) is 261 cm³/mol. The number of hydrogen-bond acceptors (Lipinski definition) is 5. The predicted octanol–water partition coefficient (Wildman–Crippen LogP) is 15.5. The molecule has 0 saturated heterocycles. The van der Waals surface area contributed by atoms with Crippen LogP contribution in [0.5, 0.6) is 0 Å². The SMILES string of the molecule is CCCCCCCCCCCCCCCCCCCCCCCCCC(O)C(=O)NC(CO)C(O)C(O)CCCCCCCCCCCCCCCCCCCCCCC. The third-order valence-corrected chi connectivity index (χ3v) is 13.3. The quantitative estimate of drug-likeness (QED) is 0.0392. The Morgan fingerprint density at radius 1 is 0.350 bits per heavy atom. The number of amides is 1. The average Bonchev–Trinajstić information content (AvgIpc) is 3.25. The van der Waals surface area contributed by atoms with E-state index in [-0.39, 0.29) is 0 Å². The summed E-state index contributed by atoms with van der Waals surface area (Å²) in [5.74, 6) is -0.576. The summed E-state index contributed by atoms with van der Waals surface area (Å²) in [6, 6.07) is -0.980. The van der Waals surface area contributed by atoms with Gasteiger partial charge in [0.1, 0.15) is 12.2 Å². The van der Waals surface area contributed by atoms with E-state index < -0.39 is 36.9 Å². The van der Waals surface area contributed by atoms with Crippen molar-refractivity contribution in [3.8, 4) is 0 Å². The Labute approximate surface area is 375 Å². The number of rotatable bonds is 51. The summed E-state index contributed by atoms with van der Waals surface area (Å²) in [7, 11) is 0. The van der Waals surface area contributed by atoms with Gasteiger partial charge in [0, 0.05) is 0 Å². The van der Waals surface area contributed by atoms with Gasteiger partial charge in [0.2, 0.25) is 5.91 Å². The van der Waals surface area contributed by atoms with E-state index >= 15 is 0 Å². The standard InChI is InChI=1S/C54H109NO5/c1-3-5-7-9-11-13-15-17-19-21-23-25-26-28-30-32-34-36-38-40-42-44-46-48-52(58)54(60)55-50(49-56)53(59)51(57)47-45-43-41-39-37-35-33-31-29-27-24-22-20-18-16-14-12-10-8-6-4-2/h50-53,56-59H,3-49H2,1-2H3,(H,55,60). The third-order valence-electron chi connectivity index (χ3n) is 13.3. The highest BCUT2D eigenvalue weighted by Crippen LogP contribution is 2.19. The van der Waals surface area contributed by atoms with Gasteiger partial charge in [0.05, 0.1) is 18.8 Å². The minimum Gasteiger partial charge on any atom is -0.394 e. The molecule has 6 nitrogen and oxygen atoms in total. The van der Waals surface area contributed by atoms with E-state index in [9.17, 15) is 25.2 Å². The summed E-state index contributed by atoms with van der Waals surface area (Å²) < 4.78 is 0. The lowest BCUT2D eigenvalue weighted by Crippen LogP contribution is -2.53. The van der Waals surface area contributed by atoms with E-state index in [1.807, 2.05) is 0 Å². The van der Waals surface area contributed by atoms with Crippen LogP contribution < -0.4 is 5.32 Å². The topological polar surface area (TPSA) is 110 Å². The molecule has 0 heterocycles. The highest BCUT2D eigenvalue weighted by atomic mass is 16.3. The molecule has 0 aromatic heterocycles. The molecular formula is C54H109NO5. The van der Waals surface area contributed by atoms with Crippen molar-refractivity contribution in [1.82, 2.24) is 5.32 Å². The Balaban J connectivity index is 3.60. The highest BCUT2D eigenvalue weighted by Gasteiger charge is 2.28. The molecule has 0 aromatic rings. The van der Waals surface area contributed by atoms with E-state index in [0.29, 0.717) is 12.8 Å². The van der Waals surface area contributed by atoms with Crippen molar-refractivity contribution in [1.29, 1.82) is 0 Å². The van der Waals surface area contributed by atoms with Crippen LogP contribution in [0.3, 0.4) is 0 Å². The molecule has 5 N–H and O–H groups in total. The van der Waals surface area contributed by atoms with Gasteiger partial charge < -0.3 is 25.7 Å². The zero-order chi connectivity index (χ0) is 43.8. The highest BCUT2D eigenvalue weighted by molar-refractivity contribution is 5.80. The van der Waals surface area contributed by atoms with Crippen molar-refractivity contribution in [3.05, 3.63) is 0 Å². The molecule has 60 heavy (non-hydrogen) atoms. The smallest absolute Gasteiger partial charge is 0.249 e. The second-order valence-electron chi connectivity index (χ2n) is 19.3. The maximum Gasteiger partial charge on any atom is 0.249 e. The largest absolute Gasteiger partial charge is 0.394 e. The van der Waals surface area contributed by atoms with E-state index in [1.54, 1.807) is 0 Å². The Bertz CT molecular complexity index is 826. The van der Waals surface area contributed by atoms with Gasteiger partial charge in [-0.05, 0) is 12.8 Å². The van der Waals surface area contributed by atoms with E-state index in [4.69, 9.17) is 0 Å². The fourth-order valence-corrected chi connectivity index (χ4v) is 9.00. The summed E-state index contributed by atoms with van der Waals surface area (Å²) in [5, 5.41) is 44.0. The van der Waals surface area contributed by atoms with Gasteiger partial charge in [-0.3, -0.25) is 4.79 Å². The van der Waals surface area contributed by atoms with E-state index in [1.165, 1.54) is 244 Å². The number of nitrogens with one attached hydrogen (secondary N) is 1. The average molecular weight is 852 g/mol. The van der Waals surface area contributed by atoms with Gasteiger partial charge in [-0.15, -0.1) is 0 Å². The molecule has 0 radical (unpaired) electrons. The molecule has 1 amide bonds. The van der Waals surface area contributed by atoms with Crippen molar-refractivity contribution < 1.29 is 25.2 Å². The van der Waals surface area contributed by atoms with Crippen LogP contribution in [0.2, 0.25) is 0 Å².